The molecule has 0 fully saturated rings. The second kappa shape index (κ2) is 4.75. The van der Waals surface area contributed by atoms with Crippen molar-refractivity contribution in [2.45, 2.75) is 20.8 Å². The van der Waals surface area contributed by atoms with Crippen LogP contribution < -0.4 is 5.32 Å². The van der Waals surface area contributed by atoms with E-state index in [1.165, 1.54) is 0 Å². The second-order valence-corrected chi connectivity index (χ2v) is 2.60. The normalized spacial score (nSPS) is 9.09. The fourth-order valence-electron chi connectivity index (χ4n) is 0.802. The lowest BCUT2D eigenvalue weighted by molar-refractivity contribution is -0.117. The van der Waals surface area contributed by atoms with Crippen LogP contribution in [0.25, 0.3) is 0 Å². The van der Waals surface area contributed by atoms with Gasteiger partial charge in [0.25, 0.3) is 5.91 Å². The SMILES string of the molecule is C=C=C(C(=O)NCC)C(C)C. The molecule has 0 unspecified atom stereocenters. The molecule has 1 N–H and O–H groups in total. The van der Waals surface area contributed by atoms with E-state index in [0.717, 1.165) is 0 Å². The summed E-state index contributed by atoms with van der Waals surface area (Å²) in [5, 5.41) is 2.70. The Kier molecular flexibility index (Phi) is 4.32. The van der Waals surface area contributed by atoms with Crippen LogP contribution in [0.15, 0.2) is 17.9 Å². The third-order valence-corrected chi connectivity index (χ3v) is 1.35. The van der Waals surface area contributed by atoms with E-state index in [-0.39, 0.29) is 11.8 Å². The molecule has 0 saturated heterocycles. The van der Waals surface area contributed by atoms with Crippen LogP contribution in [0.4, 0.5) is 0 Å². The van der Waals surface area contributed by atoms with Crippen LogP contribution in [0.2, 0.25) is 0 Å². The van der Waals surface area contributed by atoms with Gasteiger partial charge in [0.2, 0.25) is 0 Å². The average Bonchev–Trinajstić information content (AvgIpc) is 1.88. The molecule has 0 bridgehead atoms. The molecule has 0 spiro atoms. The van der Waals surface area contributed by atoms with Gasteiger partial charge >= 0.3 is 0 Å². The zero-order chi connectivity index (χ0) is 8.85. The van der Waals surface area contributed by atoms with Crippen LogP contribution in [0.3, 0.4) is 0 Å². The monoisotopic (exact) mass is 153 g/mol. The Morgan fingerprint density at radius 2 is 2.18 bits per heavy atom. The molecule has 0 aromatic rings. The first-order chi connectivity index (χ1) is 5.13. The molecule has 0 aliphatic carbocycles. The first kappa shape index (κ1) is 9.99. The molecule has 2 nitrogen and oxygen atoms in total. The third kappa shape index (κ3) is 3.06. The van der Waals surface area contributed by atoms with Crippen LogP contribution in [-0.4, -0.2) is 12.5 Å². The number of carbonyl (C=O) groups is 1. The summed E-state index contributed by atoms with van der Waals surface area (Å²) in [6.07, 6.45) is 0. The van der Waals surface area contributed by atoms with E-state index in [0.29, 0.717) is 12.1 Å². The van der Waals surface area contributed by atoms with Crippen molar-refractivity contribution < 1.29 is 4.79 Å². The number of nitrogens with one attached hydrogen (secondary N) is 1. The maximum absolute atomic E-state index is 11.2. The summed E-state index contributed by atoms with van der Waals surface area (Å²) in [7, 11) is 0. The summed E-state index contributed by atoms with van der Waals surface area (Å²) in [6.45, 7) is 9.89. The maximum atomic E-state index is 11.2. The fraction of sp³-hybridized carbons (Fsp3) is 0.556. The fourth-order valence-corrected chi connectivity index (χ4v) is 0.802. The molecular formula is C9H15NO. The van der Waals surface area contributed by atoms with E-state index in [4.69, 9.17) is 0 Å². The van der Waals surface area contributed by atoms with Crippen molar-refractivity contribution >= 4 is 5.91 Å². The van der Waals surface area contributed by atoms with Gasteiger partial charge < -0.3 is 5.32 Å². The van der Waals surface area contributed by atoms with E-state index >= 15 is 0 Å². The Bertz CT molecular complexity index is 188. The largest absolute Gasteiger partial charge is 0.352 e. The molecule has 0 rings (SSSR count). The van der Waals surface area contributed by atoms with Crippen molar-refractivity contribution in [3.8, 4) is 0 Å². The summed E-state index contributed by atoms with van der Waals surface area (Å²) in [6, 6.07) is 0. The molecule has 0 aromatic heterocycles. The smallest absolute Gasteiger partial charge is 0.255 e. The standard InChI is InChI=1S/C9H15NO/c1-5-8(7(3)4)9(11)10-6-2/h7H,1,6H2,2-4H3,(H,10,11). The third-order valence-electron chi connectivity index (χ3n) is 1.35. The summed E-state index contributed by atoms with van der Waals surface area (Å²) in [4.78, 5) is 11.2. The summed E-state index contributed by atoms with van der Waals surface area (Å²) >= 11 is 0. The van der Waals surface area contributed by atoms with Crippen molar-refractivity contribution in [3.63, 3.8) is 0 Å². The Balaban J connectivity index is 4.29. The van der Waals surface area contributed by atoms with Gasteiger partial charge in [0.15, 0.2) is 0 Å². The van der Waals surface area contributed by atoms with E-state index < -0.39 is 0 Å². The van der Waals surface area contributed by atoms with Gasteiger partial charge in [-0.2, -0.15) is 0 Å². The van der Waals surface area contributed by atoms with Crippen LogP contribution in [0.1, 0.15) is 20.8 Å². The molecule has 0 radical (unpaired) electrons. The number of carbonyl (C=O) groups excluding carboxylic acids is 1. The molecule has 0 atom stereocenters. The molecule has 0 heterocycles. The molecular weight excluding hydrogens is 138 g/mol. The molecule has 0 saturated carbocycles. The van der Waals surface area contributed by atoms with Crippen LogP contribution >= 0.6 is 0 Å². The molecule has 1 amide bonds. The van der Waals surface area contributed by atoms with E-state index in [1.807, 2.05) is 20.8 Å². The van der Waals surface area contributed by atoms with E-state index in [9.17, 15) is 4.79 Å². The molecule has 0 aromatic carbocycles. The highest BCUT2D eigenvalue weighted by molar-refractivity contribution is 5.93. The molecule has 62 valence electrons. The molecule has 0 aliphatic rings. The van der Waals surface area contributed by atoms with Gasteiger partial charge in [-0.1, -0.05) is 20.4 Å². The predicted molar refractivity (Wildman–Crippen MR) is 46.2 cm³/mol. The minimum Gasteiger partial charge on any atom is -0.352 e. The van der Waals surface area contributed by atoms with Gasteiger partial charge in [-0.05, 0) is 12.8 Å². The molecule has 11 heavy (non-hydrogen) atoms. The van der Waals surface area contributed by atoms with Crippen molar-refractivity contribution in [1.29, 1.82) is 0 Å². The molecule has 2 heteroatoms. The topological polar surface area (TPSA) is 29.1 Å². The maximum Gasteiger partial charge on any atom is 0.255 e. The highest BCUT2D eigenvalue weighted by Gasteiger charge is 2.10. The second-order valence-electron chi connectivity index (χ2n) is 2.60. The van der Waals surface area contributed by atoms with Crippen molar-refractivity contribution in [3.05, 3.63) is 17.9 Å². The first-order valence-electron chi connectivity index (χ1n) is 3.81. The van der Waals surface area contributed by atoms with Gasteiger partial charge in [0.05, 0.1) is 5.57 Å². The van der Waals surface area contributed by atoms with Crippen LogP contribution in [0, 0.1) is 5.92 Å². The number of amides is 1. The summed E-state index contributed by atoms with van der Waals surface area (Å²) in [5.41, 5.74) is 3.27. The Morgan fingerprint density at radius 3 is 2.45 bits per heavy atom. The quantitative estimate of drug-likeness (QED) is 0.483. The number of rotatable bonds is 3. The summed E-state index contributed by atoms with van der Waals surface area (Å²) in [5.74, 6) is 0.136. The van der Waals surface area contributed by atoms with Gasteiger partial charge in [-0.3, -0.25) is 4.79 Å². The minimum atomic E-state index is -0.0579. The van der Waals surface area contributed by atoms with Crippen molar-refractivity contribution in [2.24, 2.45) is 5.92 Å². The zero-order valence-electron chi connectivity index (χ0n) is 7.40. The highest BCUT2D eigenvalue weighted by Crippen LogP contribution is 2.06. The van der Waals surface area contributed by atoms with Crippen molar-refractivity contribution in [1.82, 2.24) is 5.32 Å². The first-order valence-corrected chi connectivity index (χ1v) is 3.81. The number of hydrogen-bond donors (Lipinski definition) is 1. The van der Waals surface area contributed by atoms with Gasteiger partial charge in [0, 0.05) is 6.54 Å². The minimum absolute atomic E-state index is 0.0579. The predicted octanol–water partition coefficient (Wildman–Crippen LogP) is 1.49. The lowest BCUT2D eigenvalue weighted by atomic mass is 10.0. The Labute approximate surface area is 68.0 Å². The van der Waals surface area contributed by atoms with E-state index in [2.05, 4.69) is 17.6 Å². The van der Waals surface area contributed by atoms with Crippen molar-refractivity contribution in [2.75, 3.05) is 6.54 Å². The Morgan fingerprint density at radius 1 is 1.64 bits per heavy atom. The highest BCUT2D eigenvalue weighted by atomic mass is 16.1. The average molecular weight is 153 g/mol. The van der Waals surface area contributed by atoms with Gasteiger partial charge in [-0.15, -0.1) is 5.73 Å². The van der Waals surface area contributed by atoms with Gasteiger partial charge in [-0.25, -0.2) is 0 Å². The Hall–Kier alpha value is -1.01. The lowest BCUT2D eigenvalue weighted by Crippen LogP contribution is -2.26. The molecule has 0 aliphatic heterocycles. The van der Waals surface area contributed by atoms with E-state index in [1.54, 1.807) is 0 Å². The number of likely N-dealkylation sites (N-methyl/N-ethyl adjacent to an activating group) is 1. The van der Waals surface area contributed by atoms with Gasteiger partial charge in [0.1, 0.15) is 0 Å². The van der Waals surface area contributed by atoms with Crippen LogP contribution in [0.5, 0.6) is 0 Å². The van der Waals surface area contributed by atoms with Crippen LogP contribution in [-0.2, 0) is 4.79 Å². The zero-order valence-corrected chi connectivity index (χ0v) is 7.40. The summed E-state index contributed by atoms with van der Waals surface area (Å²) < 4.78 is 0. The lowest BCUT2D eigenvalue weighted by Gasteiger charge is -2.07. The number of hydrogen-bond acceptors (Lipinski definition) is 1.